The van der Waals surface area contributed by atoms with E-state index < -0.39 is 5.97 Å². The fourth-order valence-corrected chi connectivity index (χ4v) is 4.25. The predicted octanol–water partition coefficient (Wildman–Crippen LogP) is 0.744. The first-order chi connectivity index (χ1) is 9.15. The summed E-state index contributed by atoms with van der Waals surface area (Å²) in [6.07, 6.45) is 5.72. The van der Waals surface area contributed by atoms with Gasteiger partial charge in [-0.15, -0.1) is 0 Å². The summed E-state index contributed by atoms with van der Waals surface area (Å²) in [5.74, 6) is -0.428. The molecule has 3 rings (SSSR count). The molecule has 1 heterocycles. The van der Waals surface area contributed by atoms with Crippen LogP contribution in [0.2, 0.25) is 0 Å². The van der Waals surface area contributed by atoms with Gasteiger partial charge in [0.2, 0.25) is 5.91 Å². The Labute approximate surface area is 113 Å². The Morgan fingerprint density at radius 1 is 1.21 bits per heavy atom. The van der Waals surface area contributed by atoms with Crippen molar-refractivity contribution >= 4 is 11.9 Å². The molecule has 5 nitrogen and oxygen atoms in total. The molecule has 2 aliphatic carbocycles. The molecule has 2 saturated carbocycles. The lowest BCUT2D eigenvalue weighted by Gasteiger charge is -2.29. The summed E-state index contributed by atoms with van der Waals surface area (Å²) in [7, 11) is 0. The lowest BCUT2D eigenvalue weighted by molar-refractivity contribution is -0.144. The molecule has 0 aromatic heterocycles. The van der Waals surface area contributed by atoms with Crippen LogP contribution in [0.4, 0.5) is 0 Å². The molecule has 0 aromatic rings. The molecule has 0 radical (unpaired) electrons. The molecule has 1 amide bonds. The predicted molar refractivity (Wildman–Crippen MR) is 69.5 cm³/mol. The summed E-state index contributed by atoms with van der Waals surface area (Å²) in [6.45, 7) is 0.990. The van der Waals surface area contributed by atoms with Gasteiger partial charge < -0.3 is 15.7 Å². The first kappa shape index (κ1) is 12.9. The number of carbonyl (C=O) groups excluding carboxylic acids is 1. The topological polar surface area (TPSA) is 78.4 Å². The minimum absolute atomic E-state index is 0.0169. The van der Waals surface area contributed by atoms with Gasteiger partial charge in [-0.3, -0.25) is 9.59 Å². The van der Waals surface area contributed by atoms with E-state index in [0.717, 1.165) is 38.6 Å². The summed E-state index contributed by atoms with van der Waals surface area (Å²) >= 11 is 0. The molecule has 5 unspecified atom stereocenters. The molecule has 3 N–H and O–H groups in total. The maximum atomic E-state index is 12.1. The summed E-state index contributed by atoms with van der Waals surface area (Å²) in [6, 6.07) is 0.145. The van der Waals surface area contributed by atoms with Crippen molar-refractivity contribution in [3.05, 3.63) is 0 Å². The van der Waals surface area contributed by atoms with Crippen molar-refractivity contribution in [1.29, 1.82) is 0 Å². The van der Waals surface area contributed by atoms with Crippen LogP contribution in [0, 0.1) is 17.8 Å². The fraction of sp³-hybridized carbons (Fsp3) is 0.857. The van der Waals surface area contributed by atoms with Gasteiger partial charge in [-0.25, -0.2) is 0 Å². The molecule has 3 aliphatic rings. The number of hydrogen-bond acceptors (Lipinski definition) is 3. The van der Waals surface area contributed by atoms with Crippen LogP contribution in [0.3, 0.4) is 0 Å². The number of amides is 1. The van der Waals surface area contributed by atoms with Gasteiger partial charge in [-0.05, 0) is 50.5 Å². The van der Waals surface area contributed by atoms with Crippen molar-refractivity contribution in [3.8, 4) is 0 Å². The minimum Gasteiger partial charge on any atom is -0.481 e. The van der Waals surface area contributed by atoms with Crippen LogP contribution >= 0.6 is 0 Å². The van der Waals surface area contributed by atoms with Crippen LogP contribution < -0.4 is 10.6 Å². The number of nitrogens with one attached hydrogen (secondary N) is 2. The first-order valence-electron chi connectivity index (χ1n) is 7.40. The van der Waals surface area contributed by atoms with Crippen LogP contribution in [0.1, 0.15) is 38.5 Å². The van der Waals surface area contributed by atoms with E-state index in [1.54, 1.807) is 0 Å². The molecular formula is C14H22N2O3. The van der Waals surface area contributed by atoms with Crippen molar-refractivity contribution in [2.45, 2.75) is 50.6 Å². The van der Waals surface area contributed by atoms with Gasteiger partial charge in [0.25, 0.3) is 0 Å². The van der Waals surface area contributed by atoms with Crippen LogP contribution in [0.15, 0.2) is 0 Å². The van der Waals surface area contributed by atoms with Crippen molar-refractivity contribution < 1.29 is 14.7 Å². The average Bonchev–Trinajstić information content (AvgIpc) is 3.03. The third-order valence-electron chi connectivity index (χ3n) is 5.12. The zero-order valence-corrected chi connectivity index (χ0v) is 11.1. The molecule has 2 bridgehead atoms. The molecule has 19 heavy (non-hydrogen) atoms. The van der Waals surface area contributed by atoms with E-state index in [4.69, 9.17) is 0 Å². The Hall–Kier alpha value is -1.10. The zero-order chi connectivity index (χ0) is 13.4. The number of carboxylic acid groups (broad SMARTS) is 1. The van der Waals surface area contributed by atoms with Gasteiger partial charge in [0.05, 0.1) is 5.92 Å². The second-order valence-electron chi connectivity index (χ2n) is 6.29. The van der Waals surface area contributed by atoms with Crippen LogP contribution in [0.25, 0.3) is 0 Å². The zero-order valence-electron chi connectivity index (χ0n) is 11.1. The number of rotatable bonds is 4. The van der Waals surface area contributed by atoms with E-state index in [0.29, 0.717) is 12.3 Å². The van der Waals surface area contributed by atoms with Gasteiger partial charge in [0.1, 0.15) is 0 Å². The summed E-state index contributed by atoms with van der Waals surface area (Å²) < 4.78 is 0. The molecule has 1 saturated heterocycles. The highest BCUT2D eigenvalue weighted by molar-refractivity contribution is 5.79. The smallest absolute Gasteiger partial charge is 0.308 e. The lowest BCUT2D eigenvalue weighted by atomic mass is 9.84. The largest absolute Gasteiger partial charge is 0.481 e. The fourth-order valence-electron chi connectivity index (χ4n) is 4.25. The lowest BCUT2D eigenvalue weighted by Crippen LogP contribution is -2.47. The quantitative estimate of drug-likeness (QED) is 0.701. The second-order valence-corrected chi connectivity index (χ2v) is 6.29. The number of fused-ring (bicyclic) bond motifs is 2. The summed E-state index contributed by atoms with van der Waals surface area (Å²) in [4.78, 5) is 23.4. The molecule has 0 spiro atoms. The average molecular weight is 266 g/mol. The van der Waals surface area contributed by atoms with Crippen molar-refractivity contribution in [2.24, 2.45) is 17.8 Å². The van der Waals surface area contributed by atoms with Gasteiger partial charge in [-0.1, -0.05) is 0 Å². The normalized spacial score (nSPS) is 40.5. The Morgan fingerprint density at radius 2 is 2.00 bits per heavy atom. The Kier molecular flexibility index (Phi) is 3.48. The van der Waals surface area contributed by atoms with E-state index in [2.05, 4.69) is 10.6 Å². The second kappa shape index (κ2) is 5.12. The third kappa shape index (κ3) is 2.48. The summed E-state index contributed by atoms with van der Waals surface area (Å²) in [5, 5.41) is 15.7. The number of aliphatic carboxylic acids is 1. The molecule has 3 fully saturated rings. The Morgan fingerprint density at radius 3 is 2.68 bits per heavy atom. The van der Waals surface area contributed by atoms with Crippen molar-refractivity contribution in [2.75, 3.05) is 6.54 Å². The molecule has 1 aliphatic heterocycles. The maximum absolute atomic E-state index is 12.1. The van der Waals surface area contributed by atoms with Gasteiger partial charge in [0.15, 0.2) is 0 Å². The van der Waals surface area contributed by atoms with Gasteiger partial charge in [0, 0.05) is 18.5 Å². The number of hydrogen-bond donors (Lipinski definition) is 3. The number of carboxylic acids is 1. The van der Waals surface area contributed by atoms with Crippen molar-refractivity contribution in [1.82, 2.24) is 10.6 Å². The van der Waals surface area contributed by atoms with Gasteiger partial charge in [-0.2, -0.15) is 0 Å². The first-order valence-corrected chi connectivity index (χ1v) is 7.40. The van der Waals surface area contributed by atoms with Crippen LogP contribution in [-0.2, 0) is 9.59 Å². The van der Waals surface area contributed by atoms with E-state index >= 15 is 0 Å². The monoisotopic (exact) mass is 266 g/mol. The molecule has 5 atom stereocenters. The molecule has 5 heteroatoms. The molecule has 0 aromatic carbocycles. The van der Waals surface area contributed by atoms with Crippen molar-refractivity contribution in [3.63, 3.8) is 0 Å². The Balaban J connectivity index is 1.58. The highest BCUT2D eigenvalue weighted by Crippen LogP contribution is 2.48. The van der Waals surface area contributed by atoms with E-state index in [1.807, 2.05) is 0 Å². The van der Waals surface area contributed by atoms with E-state index in [9.17, 15) is 14.7 Å². The third-order valence-corrected chi connectivity index (χ3v) is 5.12. The Bertz CT molecular complexity index is 379. The summed E-state index contributed by atoms with van der Waals surface area (Å²) in [5.41, 5.74) is 0. The maximum Gasteiger partial charge on any atom is 0.308 e. The SMILES string of the molecule is O=C(CC1CCCN1)NC1C2CCC(C2)C1C(=O)O. The van der Waals surface area contributed by atoms with E-state index in [1.165, 1.54) is 0 Å². The van der Waals surface area contributed by atoms with E-state index in [-0.39, 0.29) is 29.8 Å². The number of carbonyl (C=O) groups is 2. The highest BCUT2D eigenvalue weighted by atomic mass is 16.4. The highest BCUT2D eigenvalue weighted by Gasteiger charge is 2.51. The standard InChI is InChI=1S/C14H22N2O3/c17-11(7-10-2-1-5-15-10)16-13-9-4-3-8(6-9)12(13)14(18)19/h8-10,12-13,15H,1-7H2,(H,16,17)(H,18,19). The molecule has 106 valence electrons. The molecular weight excluding hydrogens is 244 g/mol. The van der Waals surface area contributed by atoms with Crippen LogP contribution in [-0.4, -0.2) is 35.6 Å². The van der Waals surface area contributed by atoms with Crippen LogP contribution in [0.5, 0.6) is 0 Å². The van der Waals surface area contributed by atoms with Gasteiger partial charge >= 0.3 is 5.97 Å². The minimum atomic E-state index is -0.739.